The van der Waals surface area contributed by atoms with Gasteiger partial charge < -0.3 is 10.0 Å². The van der Waals surface area contributed by atoms with Crippen molar-refractivity contribution in [2.75, 3.05) is 11.9 Å². The molecule has 0 saturated carbocycles. The van der Waals surface area contributed by atoms with Gasteiger partial charge in [0.25, 0.3) is 0 Å². The number of hydrogen-bond acceptors (Lipinski definition) is 4. The molecule has 78 valence electrons. The van der Waals surface area contributed by atoms with Gasteiger partial charge in [-0.3, -0.25) is 0 Å². The molecule has 5 nitrogen and oxygen atoms in total. The van der Waals surface area contributed by atoms with Crippen LogP contribution in [0.3, 0.4) is 0 Å². The highest BCUT2D eigenvalue weighted by molar-refractivity contribution is 5.77. The number of likely N-dealkylation sites (N-methyl/N-ethyl adjacent to an activating group) is 1. The highest BCUT2D eigenvalue weighted by Crippen LogP contribution is 2.13. The highest BCUT2D eigenvalue weighted by Gasteiger charge is 2.17. The van der Waals surface area contributed by atoms with Crippen LogP contribution in [-0.4, -0.2) is 29.1 Å². The number of carbonyl (C=O) groups is 1. The van der Waals surface area contributed by atoms with Crippen molar-refractivity contribution in [2.45, 2.75) is 13.0 Å². The second kappa shape index (κ2) is 4.42. The Morgan fingerprint density at radius 2 is 2.33 bits per heavy atom. The van der Waals surface area contributed by atoms with Crippen LogP contribution in [0.15, 0.2) is 18.3 Å². The number of nitrogens with zero attached hydrogens (tertiary/aromatic N) is 3. The highest BCUT2D eigenvalue weighted by atomic mass is 16.4. The monoisotopic (exact) mass is 205 g/mol. The van der Waals surface area contributed by atoms with Crippen molar-refractivity contribution in [1.82, 2.24) is 4.98 Å². The zero-order valence-electron chi connectivity index (χ0n) is 8.51. The van der Waals surface area contributed by atoms with Gasteiger partial charge in [-0.15, -0.1) is 0 Å². The molecule has 0 aromatic carbocycles. The molecule has 0 aliphatic rings. The fourth-order valence-electron chi connectivity index (χ4n) is 1.05. The first-order chi connectivity index (χ1) is 7.06. The maximum atomic E-state index is 10.7. The lowest BCUT2D eigenvalue weighted by Gasteiger charge is -2.22. The molecule has 1 aromatic heterocycles. The molecule has 1 unspecified atom stereocenters. The van der Waals surface area contributed by atoms with Crippen LogP contribution in [0.25, 0.3) is 0 Å². The Labute approximate surface area is 87.6 Å². The number of nitriles is 1. The normalized spacial score (nSPS) is 11.5. The van der Waals surface area contributed by atoms with Crippen molar-refractivity contribution in [1.29, 1.82) is 5.26 Å². The number of rotatable bonds is 3. The summed E-state index contributed by atoms with van der Waals surface area (Å²) >= 11 is 0. The van der Waals surface area contributed by atoms with Crippen LogP contribution in [0.4, 0.5) is 5.69 Å². The van der Waals surface area contributed by atoms with Crippen molar-refractivity contribution in [3.05, 3.63) is 24.0 Å². The second-order valence-corrected chi connectivity index (χ2v) is 3.14. The SMILES string of the molecule is CC(C(=O)O)N(C)c1ccc(C#N)nc1. The van der Waals surface area contributed by atoms with Crippen LogP contribution in [0.2, 0.25) is 0 Å². The summed E-state index contributed by atoms with van der Waals surface area (Å²) in [6.07, 6.45) is 1.48. The van der Waals surface area contributed by atoms with E-state index in [0.717, 1.165) is 0 Å². The van der Waals surface area contributed by atoms with Crippen molar-refractivity contribution in [3.8, 4) is 6.07 Å². The molecule has 0 amide bonds. The van der Waals surface area contributed by atoms with Crippen molar-refractivity contribution < 1.29 is 9.90 Å². The molecular formula is C10H11N3O2. The molecule has 0 aliphatic carbocycles. The van der Waals surface area contributed by atoms with Crippen LogP contribution in [0.5, 0.6) is 0 Å². The molecule has 15 heavy (non-hydrogen) atoms. The zero-order chi connectivity index (χ0) is 11.4. The van der Waals surface area contributed by atoms with E-state index in [9.17, 15) is 4.79 Å². The number of aromatic nitrogens is 1. The second-order valence-electron chi connectivity index (χ2n) is 3.14. The van der Waals surface area contributed by atoms with Crippen LogP contribution in [0, 0.1) is 11.3 Å². The van der Waals surface area contributed by atoms with Crippen molar-refractivity contribution >= 4 is 11.7 Å². The van der Waals surface area contributed by atoms with Gasteiger partial charge in [0.1, 0.15) is 17.8 Å². The Kier molecular flexibility index (Phi) is 3.24. The fourth-order valence-corrected chi connectivity index (χ4v) is 1.05. The Morgan fingerprint density at radius 3 is 2.73 bits per heavy atom. The van der Waals surface area contributed by atoms with Gasteiger partial charge in [0.15, 0.2) is 0 Å². The summed E-state index contributed by atoms with van der Waals surface area (Å²) in [4.78, 5) is 16.2. The smallest absolute Gasteiger partial charge is 0.326 e. The van der Waals surface area contributed by atoms with E-state index in [0.29, 0.717) is 11.4 Å². The number of aliphatic carboxylic acids is 1. The van der Waals surface area contributed by atoms with Gasteiger partial charge in [-0.2, -0.15) is 5.26 Å². The molecule has 1 atom stereocenters. The quantitative estimate of drug-likeness (QED) is 0.791. The summed E-state index contributed by atoms with van der Waals surface area (Å²) in [6, 6.07) is 4.50. The van der Waals surface area contributed by atoms with Gasteiger partial charge in [-0.05, 0) is 19.1 Å². The summed E-state index contributed by atoms with van der Waals surface area (Å²) in [5, 5.41) is 17.3. The summed E-state index contributed by atoms with van der Waals surface area (Å²) in [7, 11) is 1.67. The van der Waals surface area contributed by atoms with E-state index < -0.39 is 12.0 Å². The molecule has 1 aromatic rings. The Balaban J connectivity index is 2.88. The zero-order valence-corrected chi connectivity index (χ0v) is 8.51. The standard InChI is InChI=1S/C10H11N3O2/c1-7(10(14)15)13(2)9-4-3-8(5-11)12-6-9/h3-4,6-7H,1-2H3,(H,14,15). The summed E-state index contributed by atoms with van der Waals surface area (Å²) in [5.41, 5.74) is 0.985. The van der Waals surface area contributed by atoms with Gasteiger partial charge in [-0.1, -0.05) is 0 Å². The van der Waals surface area contributed by atoms with Crippen LogP contribution >= 0.6 is 0 Å². The molecule has 5 heteroatoms. The largest absolute Gasteiger partial charge is 0.480 e. The third-order valence-corrected chi connectivity index (χ3v) is 2.21. The predicted octanol–water partition coefficient (Wildman–Crippen LogP) is 0.863. The van der Waals surface area contributed by atoms with Crippen LogP contribution in [0.1, 0.15) is 12.6 Å². The van der Waals surface area contributed by atoms with E-state index in [-0.39, 0.29) is 0 Å². The first kappa shape index (κ1) is 11.0. The predicted molar refractivity (Wildman–Crippen MR) is 54.5 cm³/mol. The lowest BCUT2D eigenvalue weighted by Crippen LogP contribution is -2.35. The van der Waals surface area contributed by atoms with E-state index in [1.54, 1.807) is 31.0 Å². The van der Waals surface area contributed by atoms with Gasteiger partial charge in [0.2, 0.25) is 0 Å². The molecule has 0 spiro atoms. The third kappa shape index (κ3) is 2.44. The van der Waals surface area contributed by atoms with E-state index in [2.05, 4.69) is 4.98 Å². The number of hydrogen-bond donors (Lipinski definition) is 1. The first-order valence-corrected chi connectivity index (χ1v) is 4.38. The first-order valence-electron chi connectivity index (χ1n) is 4.38. The summed E-state index contributed by atoms with van der Waals surface area (Å²) in [5.74, 6) is -0.901. The van der Waals surface area contributed by atoms with E-state index >= 15 is 0 Å². The lowest BCUT2D eigenvalue weighted by molar-refractivity contribution is -0.138. The van der Waals surface area contributed by atoms with Crippen molar-refractivity contribution in [3.63, 3.8) is 0 Å². The Hall–Kier alpha value is -2.09. The number of carboxylic acid groups (broad SMARTS) is 1. The third-order valence-electron chi connectivity index (χ3n) is 2.21. The van der Waals surface area contributed by atoms with Crippen LogP contribution in [-0.2, 0) is 4.79 Å². The van der Waals surface area contributed by atoms with Crippen molar-refractivity contribution in [2.24, 2.45) is 0 Å². The molecule has 1 heterocycles. The fraction of sp³-hybridized carbons (Fsp3) is 0.300. The molecular weight excluding hydrogens is 194 g/mol. The summed E-state index contributed by atoms with van der Waals surface area (Å²) in [6.45, 7) is 1.58. The van der Waals surface area contributed by atoms with E-state index in [1.165, 1.54) is 6.20 Å². The minimum Gasteiger partial charge on any atom is -0.480 e. The van der Waals surface area contributed by atoms with E-state index in [1.807, 2.05) is 6.07 Å². The average molecular weight is 205 g/mol. The average Bonchev–Trinajstić information content (AvgIpc) is 2.27. The Bertz CT molecular complexity index is 394. The molecule has 0 fully saturated rings. The Morgan fingerprint density at radius 1 is 1.67 bits per heavy atom. The molecule has 1 N–H and O–H groups in total. The van der Waals surface area contributed by atoms with Crippen LogP contribution < -0.4 is 4.90 Å². The van der Waals surface area contributed by atoms with Gasteiger partial charge in [0, 0.05) is 7.05 Å². The number of carboxylic acids is 1. The molecule has 0 saturated heterocycles. The minimum absolute atomic E-state index is 0.315. The van der Waals surface area contributed by atoms with Gasteiger partial charge >= 0.3 is 5.97 Å². The van der Waals surface area contributed by atoms with Gasteiger partial charge in [0.05, 0.1) is 11.9 Å². The topological polar surface area (TPSA) is 77.2 Å². The van der Waals surface area contributed by atoms with Gasteiger partial charge in [-0.25, -0.2) is 9.78 Å². The number of pyridine rings is 1. The molecule has 1 rings (SSSR count). The number of anilines is 1. The lowest BCUT2D eigenvalue weighted by atomic mass is 10.2. The van der Waals surface area contributed by atoms with E-state index in [4.69, 9.17) is 10.4 Å². The molecule has 0 bridgehead atoms. The minimum atomic E-state index is -0.901. The molecule has 0 aliphatic heterocycles. The molecule has 0 radical (unpaired) electrons. The maximum Gasteiger partial charge on any atom is 0.326 e. The maximum absolute atomic E-state index is 10.7. The summed E-state index contributed by atoms with van der Waals surface area (Å²) < 4.78 is 0.